The van der Waals surface area contributed by atoms with Crippen LogP contribution in [0.4, 0.5) is 0 Å². The summed E-state index contributed by atoms with van der Waals surface area (Å²) in [5, 5.41) is 13.4. The quantitative estimate of drug-likeness (QED) is 0.833. The number of aliphatic hydroxyl groups excluding tert-OH is 1. The van der Waals surface area contributed by atoms with E-state index in [1.807, 2.05) is 31.7 Å². The van der Waals surface area contributed by atoms with Gasteiger partial charge in [0, 0.05) is 18.8 Å². The van der Waals surface area contributed by atoms with E-state index < -0.39 is 6.10 Å². The van der Waals surface area contributed by atoms with E-state index in [-0.39, 0.29) is 23.3 Å². The minimum atomic E-state index is -0.519. The zero-order valence-corrected chi connectivity index (χ0v) is 17.1. The molecule has 6 nitrogen and oxygen atoms in total. The van der Waals surface area contributed by atoms with Crippen LogP contribution in [0.2, 0.25) is 0 Å². The van der Waals surface area contributed by atoms with E-state index in [0.717, 1.165) is 62.0 Å². The molecule has 1 aromatic heterocycles. The van der Waals surface area contributed by atoms with Crippen molar-refractivity contribution in [1.82, 2.24) is 15.2 Å². The summed E-state index contributed by atoms with van der Waals surface area (Å²) < 4.78 is 0. The van der Waals surface area contributed by atoms with Crippen LogP contribution in [0.5, 0.6) is 0 Å². The molecule has 1 aromatic rings. The molecule has 0 spiro atoms. The minimum Gasteiger partial charge on any atom is -0.392 e. The van der Waals surface area contributed by atoms with Crippen molar-refractivity contribution in [2.75, 3.05) is 13.1 Å². The number of pyridine rings is 1. The van der Waals surface area contributed by atoms with Crippen molar-refractivity contribution in [3.8, 4) is 0 Å². The molecule has 2 saturated carbocycles. The molecule has 0 radical (unpaired) electrons. The SMILES string of the molecule is Cc1cc(C)c(C(=O)NCC23CC(CN2C(=O)[C@@H]2CCCC[C@H]2O)C3)c(C)n1. The van der Waals surface area contributed by atoms with Crippen LogP contribution in [0.25, 0.3) is 0 Å². The first kappa shape index (κ1) is 19.4. The predicted octanol–water partition coefficient (Wildman–Crippen LogP) is 2.28. The van der Waals surface area contributed by atoms with Crippen LogP contribution in [-0.2, 0) is 4.79 Å². The van der Waals surface area contributed by atoms with Crippen molar-refractivity contribution >= 4 is 11.8 Å². The molecule has 2 bridgehead atoms. The average Bonchev–Trinajstić information content (AvgIpc) is 3.14. The number of aryl methyl sites for hydroxylation is 3. The molecule has 2 amide bonds. The number of aromatic nitrogens is 1. The van der Waals surface area contributed by atoms with Gasteiger partial charge in [0.15, 0.2) is 0 Å². The highest BCUT2D eigenvalue weighted by atomic mass is 16.3. The Morgan fingerprint density at radius 1 is 1.25 bits per heavy atom. The van der Waals surface area contributed by atoms with E-state index in [9.17, 15) is 14.7 Å². The second-order valence-electron chi connectivity index (χ2n) is 9.13. The lowest BCUT2D eigenvalue weighted by atomic mass is 9.72. The van der Waals surface area contributed by atoms with E-state index in [2.05, 4.69) is 10.3 Å². The van der Waals surface area contributed by atoms with Crippen LogP contribution in [0.3, 0.4) is 0 Å². The lowest BCUT2D eigenvalue weighted by Gasteiger charge is -2.44. The van der Waals surface area contributed by atoms with Gasteiger partial charge in [-0.05, 0) is 64.0 Å². The minimum absolute atomic E-state index is 0.0887. The van der Waals surface area contributed by atoms with Crippen molar-refractivity contribution in [2.24, 2.45) is 11.8 Å². The summed E-state index contributed by atoms with van der Waals surface area (Å²) in [6, 6.07) is 1.93. The first-order chi connectivity index (χ1) is 13.3. The third kappa shape index (κ3) is 3.21. The highest BCUT2D eigenvalue weighted by Gasteiger charge is 2.58. The van der Waals surface area contributed by atoms with Crippen LogP contribution in [0.15, 0.2) is 6.07 Å². The Hall–Kier alpha value is -1.95. The van der Waals surface area contributed by atoms with Gasteiger partial charge in [-0.15, -0.1) is 0 Å². The maximum Gasteiger partial charge on any atom is 0.253 e. The molecule has 28 heavy (non-hydrogen) atoms. The zero-order chi connectivity index (χ0) is 20.1. The smallest absolute Gasteiger partial charge is 0.253 e. The number of nitrogens with one attached hydrogen (secondary N) is 1. The average molecular weight is 386 g/mol. The summed E-state index contributed by atoms with van der Waals surface area (Å²) in [7, 11) is 0. The zero-order valence-electron chi connectivity index (χ0n) is 17.1. The van der Waals surface area contributed by atoms with Crippen LogP contribution >= 0.6 is 0 Å². The van der Waals surface area contributed by atoms with Crippen molar-refractivity contribution < 1.29 is 14.7 Å². The molecule has 0 aromatic carbocycles. The Labute approximate surface area is 166 Å². The third-order valence-electron chi connectivity index (χ3n) is 6.99. The van der Waals surface area contributed by atoms with Gasteiger partial charge in [0.25, 0.3) is 5.91 Å². The number of hydrogen-bond donors (Lipinski definition) is 2. The third-order valence-corrected chi connectivity index (χ3v) is 6.99. The number of rotatable bonds is 4. The van der Waals surface area contributed by atoms with Crippen LogP contribution in [0.1, 0.15) is 65.8 Å². The topological polar surface area (TPSA) is 82.5 Å². The van der Waals surface area contributed by atoms with Gasteiger partial charge < -0.3 is 15.3 Å². The number of hydrogen-bond acceptors (Lipinski definition) is 4. The molecule has 4 aliphatic rings. The fourth-order valence-electron chi connectivity index (χ4n) is 5.68. The van der Waals surface area contributed by atoms with E-state index in [0.29, 0.717) is 18.0 Å². The molecule has 6 heteroatoms. The Morgan fingerprint density at radius 3 is 2.64 bits per heavy atom. The fourth-order valence-corrected chi connectivity index (χ4v) is 5.68. The number of nitrogens with zero attached hydrogens (tertiary/aromatic N) is 2. The summed E-state index contributed by atoms with van der Waals surface area (Å²) in [6.45, 7) is 6.97. The molecule has 0 unspecified atom stereocenters. The second kappa shape index (κ2) is 7.14. The van der Waals surface area contributed by atoms with Gasteiger partial charge in [0.05, 0.1) is 28.8 Å². The molecule has 2 atom stereocenters. The molecule has 2 aliphatic carbocycles. The Kier molecular flexibility index (Phi) is 4.94. The van der Waals surface area contributed by atoms with E-state index in [4.69, 9.17) is 0 Å². The lowest BCUT2D eigenvalue weighted by molar-refractivity contribution is -0.144. The Bertz CT molecular complexity index is 777. The molecule has 2 aliphatic heterocycles. The molecular weight excluding hydrogens is 354 g/mol. The molecule has 4 fully saturated rings. The number of aliphatic hydroxyl groups is 1. The summed E-state index contributed by atoms with van der Waals surface area (Å²) in [6.07, 6.45) is 4.88. The van der Waals surface area contributed by atoms with E-state index in [1.165, 1.54) is 0 Å². The van der Waals surface area contributed by atoms with Crippen LogP contribution in [-0.4, -0.2) is 51.5 Å². The number of amides is 2. The highest BCUT2D eigenvalue weighted by molar-refractivity contribution is 5.96. The normalized spacial score (nSPS) is 31.4. The summed E-state index contributed by atoms with van der Waals surface area (Å²) in [5.41, 5.74) is 2.94. The van der Waals surface area contributed by atoms with Gasteiger partial charge in [0.2, 0.25) is 5.91 Å². The van der Waals surface area contributed by atoms with Crippen LogP contribution in [0, 0.1) is 32.6 Å². The standard InChI is InChI=1S/C22H31N3O3/c1-13-8-14(2)24-15(3)19(13)20(27)23-12-22-9-16(10-22)11-25(22)21(28)17-6-4-5-7-18(17)26/h8,16-18,26H,4-7,9-12H2,1-3H3,(H,23,27)/t16?,17-,18-,22?/m1/s1. The monoisotopic (exact) mass is 385 g/mol. The lowest BCUT2D eigenvalue weighted by Crippen LogP contribution is -2.57. The van der Waals surface area contributed by atoms with Crippen molar-refractivity contribution in [3.63, 3.8) is 0 Å². The summed E-state index contributed by atoms with van der Waals surface area (Å²) >= 11 is 0. The van der Waals surface area contributed by atoms with Gasteiger partial charge >= 0.3 is 0 Å². The second-order valence-corrected chi connectivity index (χ2v) is 9.13. The van der Waals surface area contributed by atoms with Crippen LogP contribution < -0.4 is 5.32 Å². The van der Waals surface area contributed by atoms with Gasteiger partial charge in [0.1, 0.15) is 0 Å². The van der Waals surface area contributed by atoms with Crippen molar-refractivity contribution in [2.45, 2.75) is 70.9 Å². The van der Waals surface area contributed by atoms with E-state index >= 15 is 0 Å². The molecule has 2 N–H and O–H groups in total. The maximum absolute atomic E-state index is 13.2. The van der Waals surface area contributed by atoms with Gasteiger partial charge in [-0.1, -0.05) is 12.8 Å². The Balaban J connectivity index is 1.46. The molecule has 3 heterocycles. The number of fused-ring (bicyclic) bond motifs is 1. The molecule has 2 saturated heterocycles. The fraction of sp³-hybridized carbons (Fsp3) is 0.682. The van der Waals surface area contributed by atoms with Gasteiger partial charge in [-0.2, -0.15) is 0 Å². The van der Waals surface area contributed by atoms with E-state index in [1.54, 1.807) is 0 Å². The molecule has 152 valence electrons. The number of carbonyl (C=O) groups is 2. The Morgan fingerprint density at radius 2 is 1.96 bits per heavy atom. The van der Waals surface area contributed by atoms with Crippen molar-refractivity contribution in [1.29, 1.82) is 0 Å². The van der Waals surface area contributed by atoms with Gasteiger partial charge in [-0.25, -0.2) is 0 Å². The number of carbonyl (C=O) groups excluding carboxylic acids is 2. The van der Waals surface area contributed by atoms with Crippen molar-refractivity contribution in [3.05, 3.63) is 28.6 Å². The largest absolute Gasteiger partial charge is 0.392 e. The predicted molar refractivity (Wildman–Crippen MR) is 106 cm³/mol. The van der Waals surface area contributed by atoms with Gasteiger partial charge in [-0.3, -0.25) is 14.6 Å². The highest BCUT2D eigenvalue weighted by Crippen LogP contribution is 2.51. The first-order valence-electron chi connectivity index (χ1n) is 10.5. The summed E-state index contributed by atoms with van der Waals surface area (Å²) in [5.74, 6) is 0.237. The first-order valence-corrected chi connectivity index (χ1v) is 10.5. The maximum atomic E-state index is 13.2. The molecule has 5 rings (SSSR count). The molecular formula is C22H31N3O3. The summed E-state index contributed by atoms with van der Waals surface area (Å²) in [4.78, 5) is 32.4.